The molecule has 6 heteroatoms. The second-order valence-electron chi connectivity index (χ2n) is 6.40. The molecule has 1 aliphatic rings. The van der Waals surface area contributed by atoms with Crippen molar-refractivity contribution in [3.05, 3.63) is 78.4 Å². The molecular weight excluding hydrogens is 328 g/mol. The smallest absolute Gasteiger partial charge is 0.253 e. The number of rotatable bonds is 5. The van der Waals surface area contributed by atoms with Crippen molar-refractivity contribution in [1.29, 1.82) is 0 Å². The number of aromatic nitrogens is 3. The predicted molar refractivity (Wildman–Crippen MR) is 97.1 cm³/mol. The third-order valence-electron chi connectivity index (χ3n) is 4.66. The van der Waals surface area contributed by atoms with Crippen LogP contribution in [0.3, 0.4) is 0 Å². The van der Waals surface area contributed by atoms with Crippen LogP contribution in [-0.4, -0.2) is 39.9 Å². The maximum Gasteiger partial charge on any atom is 0.253 e. The molecule has 132 valence electrons. The molecule has 3 aromatic rings. The molecule has 0 spiro atoms. The molecule has 2 aromatic heterocycles. The summed E-state index contributed by atoms with van der Waals surface area (Å²) in [6, 6.07) is 13.3. The summed E-state index contributed by atoms with van der Waals surface area (Å²) in [6.45, 7) is 1.18. The van der Waals surface area contributed by atoms with Gasteiger partial charge in [-0.2, -0.15) is 5.10 Å². The first-order chi connectivity index (χ1) is 12.8. The van der Waals surface area contributed by atoms with Gasteiger partial charge in [-0.1, -0.05) is 12.1 Å². The van der Waals surface area contributed by atoms with Gasteiger partial charge in [-0.15, -0.1) is 0 Å². The first-order valence-corrected chi connectivity index (χ1v) is 8.68. The van der Waals surface area contributed by atoms with Crippen LogP contribution < -0.4 is 5.32 Å². The van der Waals surface area contributed by atoms with E-state index in [1.165, 1.54) is 5.56 Å². The zero-order chi connectivity index (χ0) is 17.8. The Balaban J connectivity index is 1.50. The van der Waals surface area contributed by atoms with Crippen molar-refractivity contribution in [2.75, 3.05) is 13.2 Å². The van der Waals surface area contributed by atoms with Crippen molar-refractivity contribution in [2.24, 2.45) is 5.92 Å². The van der Waals surface area contributed by atoms with Crippen LogP contribution in [-0.2, 0) is 11.2 Å². The van der Waals surface area contributed by atoms with Crippen molar-refractivity contribution in [3.8, 4) is 5.69 Å². The first-order valence-electron chi connectivity index (χ1n) is 8.68. The number of nitrogens with one attached hydrogen (secondary N) is 1. The Morgan fingerprint density at radius 1 is 1.12 bits per heavy atom. The molecule has 1 aliphatic heterocycles. The quantitative estimate of drug-likeness (QED) is 0.768. The highest BCUT2D eigenvalue weighted by atomic mass is 16.5. The van der Waals surface area contributed by atoms with Crippen LogP contribution in [0.1, 0.15) is 15.9 Å². The lowest BCUT2D eigenvalue weighted by Gasteiger charge is -2.20. The number of pyridine rings is 1. The van der Waals surface area contributed by atoms with Crippen molar-refractivity contribution in [2.45, 2.75) is 12.5 Å². The molecule has 1 amide bonds. The number of para-hydroxylation sites is 1. The predicted octanol–water partition coefficient (Wildman–Crippen LogP) is 2.25. The topological polar surface area (TPSA) is 69.0 Å². The zero-order valence-corrected chi connectivity index (χ0v) is 14.3. The van der Waals surface area contributed by atoms with Gasteiger partial charge in [0.1, 0.15) is 0 Å². The van der Waals surface area contributed by atoms with E-state index in [1.54, 1.807) is 23.3 Å². The maximum atomic E-state index is 12.9. The van der Waals surface area contributed by atoms with Gasteiger partial charge < -0.3 is 10.1 Å². The number of amides is 1. The summed E-state index contributed by atoms with van der Waals surface area (Å²) in [5.41, 5.74) is 2.57. The molecule has 1 N–H and O–H groups in total. The first kappa shape index (κ1) is 16.5. The molecule has 0 saturated carbocycles. The summed E-state index contributed by atoms with van der Waals surface area (Å²) in [4.78, 5) is 16.9. The lowest BCUT2D eigenvalue weighted by atomic mass is 9.95. The van der Waals surface area contributed by atoms with E-state index in [1.807, 2.05) is 48.7 Å². The Morgan fingerprint density at radius 2 is 1.96 bits per heavy atom. The minimum Gasteiger partial charge on any atom is -0.379 e. The fraction of sp³-hybridized carbons (Fsp3) is 0.250. The van der Waals surface area contributed by atoms with Gasteiger partial charge in [-0.05, 0) is 42.3 Å². The van der Waals surface area contributed by atoms with Crippen LogP contribution in [0.25, 0.3) is 5.69 Å². The summed E-state index contributed by atoms with van der Waals surface area (Å²) in [5.74, 6) is 0.143. The highest BCUT2D eigenvalue weighted by molar-refractivity contribution is 5.97. The molecule has 0 radical (unpaired) electrons. The second-order valence-corrected chi connectivity index (χ2v) is 6.40. The van der Waals surface area contributed by atoms with E-state index in [9.17, 15) is 4.79 Å². The van der Waals surface area contributed by atoms with Gasteiger partial charge in [0, 0.05) is 30.7 Å². The Kier molecular flexibility index (Phi) is 4.75. The Labute approximate surface area is 151 Å². The van der Waals surface area contributed by atoms with Gasteiger partial charge in [0.15, 0.2) is 0 Å². The molecule has 0 aliphatic carbocycles. The lowest BCUT2D eigenvalue weighted by molar-refractivity contribution is 0.0925. The minimum atomic E-state index is -0.105. The summed E-state index contributed by atoms with van der Waals surface area (Å²) in [6.07, 6.45) is 7.97. The standard InChI is InChI=1S/C20H20N4O2/c25-20(17-4-1-2-5-19(17)24-11-3-8-22-24)23-18-14-26-13-16(18)12-15-6-9-21-10-7-15/h1-11,16,18H,12-14H2,(H,23,25)/t16-,18+/m1/s1. The second kappa shape index (κ2) is 7.49. The third kappa shape index (κ3) is 3.50. The number of carbonyl (C=O) groups excluding carboxylic acids is 1. The van der Waals surface area contributed by atoms with Gasteiger partial charge in [-0.3, -0.25) is 9.78 Å². The third-order valence-corrected chi connectivity index (χ3v) is 4.66. The van der Waals surface area contributed by atoms with E-state index >= 15 is 0 Å². The van der Waals surface area contributed by atoms with E-state index in [0.29, 0.717) is 18.8 Å². The molecule has 1 aromatic carbocycles. The number of hydrogen-bond acceptors (Lipinski definition) is 4. The Hall–Kier alpha value is -2.99. The molecule has 26 heavy (non-hydrogen) atoms. The number of nitrogens with zero attached hydrogens (tertiary/aromatic N) is 3. The zero-order valence-electron chi connectivity index (χ0n) is 14.3. The average molecular weight is 348 g/mol. The van der Waals surface area contributed by atoms with Crippen molar-refractivity contribution < 1.29 is 9.53 Å². The van der Waals surface area contributed by atoms with Crippen molar-refractivity contribution in [3.63, 3.8) is 0 Å². The maximum absolute atomic E-state index is 12.9. The number of hydrogen-bond donors (Lipinski definition) is 1. The van der Waals surface area contributed by atoms with E-state index in [-0.39, 0.29) is 17.9 Å². The lowest BCUT2D eigenvalue weighted by Crippen LogP contribution is -2.41. The van der Waals surface area contributed by atoms with Gasteiger partial charge in [0.2, 0.25) is 0 Å². The molecule has 2 atom stereocenters. The Morgan fingerprint density at radius 3 is 2.77 bits per heavy atom. The number of carbonyl (C=O) groups is 1. The SMILES string of the molecule is O=C(N[C@H]1COC[C@H]1Cc1ccncc1)c1ccccc1-n1cccn1. The largest absolute Gasteiger partial charge is 0.379 e. The average Bonchev–Trinajstić information content (AvgIpc) is 3.35. The van der Waals surface area contributed by atoms with Gasteiger partial charge in [-0.25, -0.2) is 4.68 Å². The summed E-state index contributed by atoms with van der Waals surface area (Å²) in [7, 11) is 0. The summed E-state index contributed by atoms with van der Waals surface area (Å²) >= 11 is 0. The molecule has 1 fully saturated rings. The normalized spacial score (nSPS) is 19.4. The fourth-order valence-corrected chi connectivity index (χ4v) is 3.30. The molecule has 4 rings (SSSR count). The molecular formula is C20H20N4O2. The summed E-state index contributed by atoms with van der Waals surface area (Å²) in [5, 5.41) is 7.39. The Bertz CT molecular complexity index is 865. The van der Waals surface area contributed by atoms with E-state index < -0.39 is 0 Å². The van der Waals surface area contributed by atoms with E-state index in [4.69, 9.17) is 4.74 Å². The molecule has 6 nitrogen and oxygen atoms in total. The molecule has 0 bridgehead atoms. The van der Waals surface area contributed by atoms with Crippen molar-refractivity contribution in [1.82, 2.24) is 20.1 Å². The highest BCUT2D eigenvalue weighted by Gasteiger charge is 2.30. The minimum absolute atomic E-state index is 0.0126. The van der Waals surface area contributed by atoms with Crippen LogP contribution >= 0.6 is 0 Å². The highest BCUT2D eigenvalue weighted by Crippen LogP contribution is 2.20. The van der Waals surface area contributed by atoms with Crippen LogP contribution in [0, 0.1) is 5.92 Å². The van der Waals surface area contributed by atoms with Gasteiger partial charge >= 0.3 is 0 Å². The fourth-order valence-electron chi connectivity index (χ4n) is 3.30. The van der Waals surface area contributed by atoms with Crippen molar-refractivity contribution >= 4 is 5.91 Å². The van der Waals surface area contributed by atoms with Crippen LogP contribution in [0.4, 0.5) is 0 Å². The van der Waals surface area contributed by atoms with Gasteiger partial charge in [0.05, 0.1) is 30.5 Å². The van der Waals surface area contributed by atoms with Crippen LogP contribution in [0.2, 0.25) is 0 Å². The van der Waals surface area contributed by atoms with E-state index in [2.05, 4.69) is 15.4 Å². The number of benzene rings is 1. The van der Waals surface area contributed by atoms with Crippen LogP contribution in [0.15, 0.2) is 67.3 Å². The number of ether oxygens (including phenoxy) is 1. The summed E-state index contributed by atoms with van der Waals surface area (Å²) < 4.78 is 7.34. The molecule has 3 heterocycles. The van der Waals surface area contributed by atoms with Gasteiger partial charge in [0.25, 0.3) is 5.91 Å². The molecule has 0 unspecified atom stereocenters. The monoisotopic (exact) mass is 348 g/mol. The molecule has 1 saturated heterocycles. The van der Waals surface area contributed by atoms with E-state index in [0.717, 1.165) is 12.1 Å². The van der Waals surface area contributed by atoms with Crippen LogP contribution in [0.5, 0.6) is 0 Å².